The number of carbonyl (C=O) groups excluding carboxylic acids is 3. The van der Waals surface area contributed by atoms with Crippen LogP contribution in [-0.2, 0) is 14.4 Å². The van der Waals surface area contributed by atoms with Gasteiger partial charge in [-0.3, -0.25) is 19.3 Å². The van der Waals surface area contributed by atoms with Gasteiger partial charge in [0.15, 0.2) is 0 Å². The van der Waals surface area contributed by atoms with Crippen molar-refractivity contribution in [2.24, 2.45) is 0 Å². The van der Waals surface area contributed by atoms with Crippen LogP contribution in [0.4, 0.5) is 0 Å². The van der Waals surface area contributed by atoms with Crippen molar-refractivity contribution < 1.29 is 14.4 Å². The molecule has 4 nitrogen and oxygen atoms in total. The third-order valence-corrected chi connectivity index (χ3v) is 1.56. The number of hydrogen-bond acceptors (Lipinski definition) is 3. The average molecular weight is 176 g/mol. The maximum absolute atomic E-state index is 10.8. The quantitative estimate of drug-likeness (QED) is 0.435. The molecule has 0 bridgehead atoms. The van der Waals surface area contributed by atoms with Gasteiger partial charge in [0, 0.05) is 12.8 Å². The summed E-state index contributed by atoms with van der Waals surface area (Å²) in [6.07, 6.45) is 0.395. The van der Waals surface area contributed by atoms with E-state index in [1.54, 1.807) is 0 Å². The highest BCUT2D eigenvalue weighted by molar-refractivity contribution is 6.64. The zero-order valence-corrected chi connectivity index (χ0v) is 6.43. The molecule has 0 unspecified atom stereocenters. The van der Waals surface area contributed by atoms with Crippen molar-refractivity contribution in [3.8, 4) is 0 Å². The van der Waals surface area contributed by atoms with Gasteiger partial charge in [-0.2, -0.15) is 0 Å². The van der Waals surface area contributed by atoms with Crippen molar-refractivity contribution in [2.45, 2.75) is 12.8 Å². The van der Waals surface area contributed by atoms with E-state index < -0.39 is 5.24 Å². The van der Waals surface area contributed by atoms with Crippen molar-refractivity contribution in [1.82, 2.24) is 4.90 Å². The molecular formula is C6H6ClNO3. The minimum atomic E-state index is -0.686. The van der Waals surface area contributed by atoms with Gasteiger partial charge < -0.3 is 0 Å². The van der Waals surface area contributed by atoms with Crippen molar-refractivity contribution in [3.63, 3.8) is 0 Å². The number of rotatable bonds is 2. The standard InChI is InChI=1S/C6H6ClNO3/c7-4(9)3-8-5(10)1-2-6(8)11/h1-3H2. The number of halogens is 1. The van der Waals surface area contributed by atoms with E-state index in [1.807, 2.05) is 0 Å². The minimum absolute atomic E-state index is 0.197. The molecule has 0 atom stereocenters. The molecule has 2 amide bonds. The Morgan fingerprint density at radius 1 is 1.36 bits per heavy atom. The van der Waals surface area contributed by atoms with Gasteiger partial charge in [-0.1, -0.05) is 0 Å². The summed E-state index contributed by atoms with van der Waals surface area (Å²) in [5.41, 5.74) is 0. The lowest BCUT2D eigenvalue weighted by Gasteiger charge is -2.08. The van der Waals surface area contributed by atoms with Crippen LogP contribution in [0.1, 0.15) is 12.8 Å². The predicted octanol–water partition coefficient (Wildman–Crippen LogP) is -0.0992. The Bertz CT molecular complexity index is 210. The molecule has 1 aliphatic rings. The summed E-state index contributed by atoms with van der Waals surface area (Å²) >= 11 is 5.00. The largest absolute Gasteiger partial charge is 0.279 e. The normalized spacial score (nSPS) is 17.7. The van der Waals surface area contributed by atoms with E-state index in [2.05, 4.69) is 0 Å². The number of nitrogens with zero attached hydrogens (tertiary/aromatic N) is 1. The first-order valence-electron chi connectivity index (χ1n) is 3.13. The van der Waals surface area contributed by atoms with Crippen LogP contribution in [0.25, 0.3) is 0 Å². The Morgan fingerprint density at radius 3 is 2.18 bits per heavy atom. The zero-order valence-electron chi connectivity index (χ0n) is 5.67. The van der Waals surface area contributed by atoms with E-state index in [9.17, 15) is 14.4 Å². The van der Waals surface area contributed by atoms with Gasteiger partial charge in [0.25, 0.3) is 0 Å². The molecular weight excluding hydrogens is 170 g/mol. The monoisotopic (exact) mass is 175 g/mol. The molecule has 0 aromatic rings. The van der Waals surface area contributed by atoms with Crippen molar-refractivity contribution in [3.05, 3.63) is 0 Å². The van der Waals surface area contributed by atoms with E-state index in [0.717, 1.165) is 4.90 Å². The third kappa shape index (κ3) is 1.77. The molecule has 1 rings (SSSR count). The lowest BCUT2D eigenvalue weighted by Crippen LogP contribution is -2.32. The number of imide groups is 1. The highest BCUT2D eigenvalue weighted by atomic mass is 35.5. The summed E-state index contributed by atoms with van der Waals surface area (Å²) in [6, 6.07) is 0. The van der Waals surface area contributed by atoms with E-state index in [0.29, 0.717) is 0 Å². The van der Waals surface area contributed by atoms with Crippen LogP contribution in [0.2, 0.25) is 0 Å². The van der Waals surface area contributed by atoms with Crippen LogP contribution in [0.3, 0.4) is 0 Å². The van der Waals surface area contributed by atoms with Gasteiger partial charge in [0.2, 0.25) is 17.1 Å². The fraction of sp³-hybridized carbons (Fsp3) is 0.500. The minimum Gasteiger partial charge on any atom is -0.279 e. The van der Waals surface area contributed by atoms with Crippen LogP contribution >= 0.6 is 11.6 Å². The van der Waals surface area contributed by atoms with Gasteiger partial charge >= 0.3 is 0 Å². The topological polar surface area (TPSA) is 54.5 Å². The van der Waals surface area contributed by atoms with Gasteiger partial charge in [0.05, 0.1) is 0 Å². The van der Waals surface area contributed by atoms with E-state index >= 15 is 0 Å². The second-order valence-corrected chi connectivity index (χ2v) is 2.65. The van der Waals surface area contributed by atoms with E-state index in [1.165, 1.54) is 0 Å². The molecule has 0 aromatic carbocycles. The maximum atomic E-state index is 10.8. The Morgan fingerprint density at radius 2 is 1.82 bits per heavy atom. The van der Waals surface area contributed by atoms with Crippen LogP contribution in [0, 0.1) is 0 Å². The number of amides is 2. The van der Waals surface area contributed by atoms with E-state index in [-0.39, 0.29) is 31.2 Å². The fourth-order valence-electron chi connectivity index (χ4n) is 0.924. The highest BCUT2D eigenvalue weighted by Gasteiger charge is 2.29. The highest BCUT2D eigenvalue weighted by Crippen LogP contribution is 2.11. The Labute approximate surface area is 68.1 Å². The predicted molar refractivity (Wildman–Crippen MR) is 36.8 cm³/mol. The Balaban J connectivity index is 2.62. The smallest absolute Gasteiger partial charge is 0.241 e. The molecule has 1 aliphatic heterocycles. The molecule has 1 heterocycles. The second kappa shape index (κ2) is 3.00. The third-order valence-electron chi connectivity index (χ3n) is 1.44. The van der Waals surface area contributed by atoms with Gasteiger partial charge in [0.1, 0.15) is 6.54 Å². The van der Waals surface area contributed by atoms with Crippen LogP contribution in [0.15, 0.2) is 0 Å². The molecule has 0 N–H and O–H groups in total. The Hall–Kier alpha value is -0.900. The lowest BCUT2D eigenvalue weighted by atomic mass is 10.4. The average Bonchev–Trinajstić information content (AvgIpc) is 2.18. The van der Waals surface area contributed by atoms with Crippen LogP contribution < -0.4 is 0 Å². The first-order valence-corrected chi connectivity index (χ1v) is 3.50. The van der Waals surface area contributed by atoms with Gasteiger partial charge in [-0.15, -0.1) is 0 Å². The summed E-state index contributed by atoms with van der Waals surface area (Å²) in [5.74, 6) is -0.631. The van der Waals surface area contributed by atoms with Crippen molar-refractivity contribution in [2.75, 3.05) is 6.54 Å². The number of hydrogen-bond donors (Lipinski definition) is 0. The molecule has 0 aromatic heterocycles. The molecule has 60 valence electrons. The lowest BCUT2D eigenvalue weighted by molar-refractivity contribution is -0.140. The van der Waals surface area contributed by atoms with E-state index in [4.69, 9.17) is 11.6 Å². The number of likely N-dealkylation sites (tertiary alicyclic amines) is 1. The van der Waals surface area contributed by atoms with Crippen LogP contribution in [0.5, 0.6) is 0 Å². The summed E-state index contributed by atoms with van der Waals surface area (Å²) < 4.78 is 0. The summed E-state index contributed by atoms with van der Waals surface area (Å²) in [5, 5.41) is -0.686. The van der Waals surface area contributed by atoms with Gasteiger partial charge in [-0.25, -0.2) is 0 Å². The first-order chi connectivity index (χ1) is 5.11. The summed E-state index contributed by atoms with van der Waals surface area (Å²) in [4.78, 5) is 32.8. The SMILES string of the molecule is O=C(Cl)CN1C(=O)CCC1=O. The molecule has 0 radical (unpaired) electrons. The molecule has 0 spiro atoms. The molecule has 5 heteroatoms. The second-order valence-electron chi connectivity index (χ2n) is 2.23. The van der Waals surface area contributed by atoms with Crippen LogP contribution in [-0.4, -0.2) is 28.5 Å². The number of carbonyl (C=O) groups is 3. The summed E-state index contributed by atoms with van der Waals surface area (Å²) in [6.45, 7) is -0.292. The van der Waals surface area contributed by atoms with Crippen molar-refractivity contribution >= 4 is 28.7 Å². The first kappa shape index (κ1) is 8.20. The zero-order chi connectivity index (χ0) is 8.43. The maximum Gasteiger partial charge on any atom is 0.241 e. The Kier molecular flexibility index (Phi) is 2.24. The molecule has 11 heavy (non-hydrogen) atoms. The molecule has 0 aliphatic carbocycles. The molecule has 1 saturated heterocycles. The summed E-state index contributed by atoms with van der Waals surface area (Å²) in [7, 11) is 0. The van der Waals surface area contributed by atoms with Crippen molar-refractivity contribution in [1.29, 1.82) is 0 Å². The molecule has 1 fully saturated rings. The van der Waals surface area contributed by atoms with Gasteiger partial charge in [-0.05, 0) is 11.6 Å². The fourth-order valence-corrected chi connectivity index (χ4v) is 1.04. The molecule has 0 saturated carbocycles.